The summed E-state index contributed by atoms with van der Waals surface area (Å²) in [5, 5.41) is 3.74. The number of hydrogen-bond donors (Lipinski definition) is 1. The molecule has 0 aromatic rings. The summed E-state index contributed by atoms with van der Waals surface area (Å²) >= 11 is 0. The SMILES string of the molecule is CCNC(C(C)CCOC)C(C)(CC)N1CCOCC1. The Morgan fingerprint density at radius 2 is 1.95 bits per heavy atom. The largest absolute Gasteiger partial charge is 0.385 e. The van der Waals surface area contributed by atoms with Crippen LogP contribution >= 0.6 is 0 Å². The highest BCUT2D eigenvalue weighted by Gasteiger charge is 2.40. The van der Waals surface area contributed by atoms with Crippen LogP contribution in [0.1, 0.15) is 40.5 Å². The molecule has 3 unspecified atom stereocenters. The molecule has 1 fully saturated rings. The fourth-order valence-electron chi connectivity index (χ4n) is 3.44. The molecule has 0 aromatic heterocycles. The van der Waals surface area contributed by atoms with Gasteiger partial charge in [-0.2, -0.15) is 0 Å². The van der Waals surface area contributed by atoms with Crippen LogP contribution in [0.4, 0.5) is 0 Å². The molecule has 1 saturated heterocycles. The van der Waals surface area contributed by atoms with Crippen LogP contribution in [0.25, 0.3) is 0 Å². The van der Waals surface area contributed by atoms with Crippen LogP contribution in [-0.2, 0) is 9.47 Å². The van der Waals surface area contributed by atoms with E-state index in [4.69, 9.17) is 9.47 Å². The number of nitrogens with one attached hydrogen (secondary N) is 1. The van der Waals surface area contributed by atoms with E-state index in [9.17, 15) is 0 Å². The van der Waals surface area contributed by atoms with Gasteiger partial charge in [0, 0.05) is 38.4 Å². The average Bonchev–Trinajstić information content (AvgIpc) is 2.50. The Kier molecular flexibility index (Phi) is 8.03. The summed E-state index contributed by atoms with van der Waals surface area (Å²) in [6.45, 7) is 14.9. The van der Waals surface area contributed by atoms with Gasteiger partial charge in [-0.05, 0) is 32.2 Å². The van der Waals surface area contributed by atoms with Gasteiger partial charge in [0.25, 0.3) is 0 Å². The second-order valence-corrected chi connectivity index (χ2v) is 6.10. The molecular formula is C16H34N2O2. The van der Waals surface area contributed by atoms with Gasteiger partial charge in [-0.15, -0.1) is 0 Å². The van der Waals surface area contributed by atoms with Crippen LogP contribution in [0.3, 0.4) is 0 Å². The average molecular weight is 286 g/mol. The van der Waals surface area contributed by atoms with Crippen LogP contribution in [0.15, 0.2) is 0 Å². The van der Waals surface area contributed by atoms with E-state index in [-0.39, 0.29) is 5.54 Å². The number of methoxy groups -OCH3 is 1. The van der Waals surface area contributed by atoms with Gasteiger partial charge in [0.15, 0.2) is 0 Å². The fourth-order valence-corrected chi connectivity index (χ4v) is 3.44. The Hall–Kier alpha value is -0.160. The van der Waals surface area contributed by atoms with Crippen LogP contribution in [0.2, 0.25) is 0 Å². The second-order valence-electron chi connectivity index (χ2n) is 6.10. The van der Waals surface area contributed by atoms with Crippen molar-refractivity contribution in [2.45, 2.75) is 52.1 Å². The summed E-state index contributed by atoms with van der Waals surface area (Å²) in [7, 11) is 1.79. The van der Waals surface area contributed by atoms with Crippen molar-refractivity contribution in [3.8, 4) is 0 Å². The van der Waals surface area contributed by atoms with E-state index in [1.165, 1.54) is 0 Å². The molecule has 1 rings (SSSR count). The number of likely N-dealkylation sites (N-methyl/N-ethyl adjacent to an activating group) is 1. The first-order valence-corrected chi connectivity index (χ1v) is 8.15. The third-order valence-electron chi connectivity index (χ3n) is 4.89. The lowest BCUT2D eigenvalue weighted by Gasteiger charge is -2.50. The zero-order chi connectivity index (χ0) is 15.0. The molecule has 1 aliphatic rings. The van der Waals surface area contributed by atoms with Crippen molar-refractivity contribution in [2.24, 2.45) is 5.92 Å². The molecule has 0 aromatic carbocycles. The topological polar surface area (TPSA) is 33.7 Å². The molecular weight excluding hydrogens is 252 g/mol. The van der Waals surface area contributed by atoms with Gasteiger partial charge in [0.05, 0.1) is 13.2 Å². The van der Waals surface area contributed by atoms with Gasteiger partial charge in [0.2, 0.25) is 0 Å². The number of nitrogens with zero attached hydrogens (tertiary/aromatic N) is 1. The van der Waals surface area contributed by atoms with E-state index >= 15 is 0 Å². The minimum atomic E-state index is 0.187. The Morgan fingerprint density at radius 1 is 1.30 bits per heavy atom. The van der Waals surface area contributed by atoms with Gasteiger partial charge in [0.1, 0.15) is 0 Å². The Bertz CT molecular complexity index is 257. The van der Waals surface area contributed by atoms with Crippen LogP contribution in [0, 0.1) is 5.92 Å². The third-order valence-corrected chi connectivity index (χ3v) is 4.89. The molecule has 3 atom stereocenters. The summed E-state index contributed by atoms with van der Waals surface area (Å²) in [6.07, 6.45) is 2.26. The zero-order valence-electron chi connectivity index (χ0n) is 14.1. The maximum absolute atomic E-state index is 5.52. The van der Waals surface area contributed by atoms with Crippen molar-refractivity contribution in [1.82, 2.24) is 10.2 Å². The summed E-state index contributed by atoms with van der Waals surface area (Å²) in [5.74, 6) is 0.600. The Labute approximate surface area is 125 Å². The molecule has 0 amide bonds. The Balaban J connectivity index is 2.81. The van der Waals surface area contributed by atoms with E-state index in [0.717, 1.165) is 52.3 Å². The predicted octanol–water partition coefficient (Wildman–Crippen LogP) is 2.14. The van der Waals surface area contributed by atoms with Crippen LogP contribution in [-0.4, -0.2) is 63.0 Å². The first-order valence-electron chi connectivity index (χ1n) is 8.15. The molecule has 4 nitrogen and oxygen atoms in total. The van der Waals surface area contributed by atoms with Crippen LogP contribution in [0.5, 0.6) is 0 Å². The molecule has 1 N–H and O–H groups in total. The molecule has 120 valence electrons. The van der Waals surface area contributed by atoms with Crippen molar-refractivity contribution in [3.05, 3.63) is 0 Å². The minimum absolute atomic E-state index is 0.187. The first-order chi connectivity index (χ1) is 9.60. The smallest absolute Gasteiger partial charge is 0.0594 e. The van der Waals surface area contributed by atoms with Crippen molar-refractivity contribution < 1.29 is 9.47 Å². The number of ether oxygens (including phenoxy) is 2. The summed E-state index contributed by atoms with van der Waals surface area (Å²) in [6, 6.07) is 0.491. The molecule has 1 aliphatic heterocycles. The van der Waals surface area contributed by atoms with E-state index in [1.807, 2.05) is 0 Å². The lowest BCUT2D eigenvalue weighted by atomic mass is 9.78. The third kappa shape index (κ3) is 4.42. The van der Waals surface area contributed by atoms with E-state index in [1.54, 1.807) is 7.11 Å². The van der Waals surface area contributed by atoms with Gasteiger partial charge in [-0.3, -0.25) is 4.90 Å². The number of rotatable bonds is 9. The molecule has 4 heteroatoms. The number of morpholine rings is 1. The fraction of sp³-hybridized carbons (Fsp3) is 1.00. The molecule has 0 radical (unpaired) electrons. The Morgan fingerprint density at radius 3 is 2.45 bits per heavy atom. The van der Waals surface area contributed by atoms with Crippen molar-refractivity contribution in [3.63, 3.8) is 0 Å². The highest BCUT2D eigenvalue weighted by atomic mass is 16.5. The quantitative estimate of drug-likeness (QED) is 0.704. The van der Waals surface area contributed by atoms with E-state index in [0.29, 0.717) is 12.0 Å². The van der Waals surface area contributed by atoms with E-state index in [2.05, 4.69) is 37.9 Å². The van der Waals surface area contributed by atoms with Gasteiger partial charge in [-0.1, -0.05) is 20.8 Å². The highest BCUT2D eigenvalue weighted by Crippen LogP contribution is 2.30. The van der Waals surface area contributed by atoms with Crippen molar-refractivity contribution in [1.29, 1.82) is 0 Å². The molecule has 1 heterocycles. The molecule has 20 heavy (non-hydrogen) atoms. The monoisotopic (exact) mass is 286 g/mol. The zero-order valence-corrected chi connectivity index (χ0v) is 14.1. The molecule has 0 aliphatic carbocycles. The standard InChI is InChI=1S/C16H34N2O2/c1-6-16(4,18-9-12-20-13-10-18)15(17-7-2)14(3)8-11-19-5/h14-15,17H,6-13H2,1-5H3. The second kappa shape index (κ2) is 8.98. The predicted molar refractivity (Wildman–Crippen MR) is 84.2 cm³/mol. The highest BCUT2D eigenvalue weighted by molar-refractivity contribution is 4.99. The molecule has 0 saturated carbocycles. The van der Waals surface area contributed by atoms with Crippen molar-refractivity contribution >= 4 is 0 Å². The number of hydrogen-bond acceptors (Lipinski definition) is 4. The van der Waals surface area contributed by atoms with Gasteiger partial charge in [-0.25, -0.2) is 0 Å². The van der Waals surface area contributed by atoms with Gasteiger partial charge >= 0.3 is 0 Å². The first kappa shape index (κ1) is 17.9. The van der Waals surface area contributed by atoms with Crippen LogP contribution < -0.4 is 5.32 Å². The lowest BCUT2D eigenvalue weighted by Crippen LogP contribution is -2.63. The maximum atomic E-state index is 5.52. The lowest BCUT2D eigenvalue weighted by molar-refractivity contribution is -0.0414. The van der Waals surface area contributed by atoms with Gasteiger partial charge < -0.3 is 14.8 Å². The summed E-state index contributed by atoms with van der Waals surface area (Å²) in [5.41, 5.74) is 0.187. The molecule has 0 bridgehead atoms. The molecule has 0 spiro atoms. The van der Waals surface area contributed by atoms with E-state index < -0.39 is 0 Å². The minimum Gasteiger partial charge on any atom is -0.385 e. The summed E-state index contributed by atoms with van der Waals surface area (Å²) < 4.78 is 10.8. The normalized spacial score (nSPS) is 23.2. The summed E-state index contributed by atoms with van der Waals surface area (Å²) in [4.78, 5) is 2.62. The maximum Gasteiger partial charge on any atom is 0.0594 e. The van der Waals surface area contributed by atoms with Crippen molar-refractivity contribution in [2.75, 3.05) is 46.6 Å².